The molecule has 0 saturated heterocycles. The van der Waals surface area contributed by atoms with Gasteiger partial charge in [0.15, 0.2) is 11.6 Å². The Labute approximate surface area is 109 Å². The summed E-state index contributed by atoms with van der Waals surface area (Å²) in [6.45, 7) is 3.01. The van der Waals surface area contributed by atoms with Crippen molar-refractivity contribution in [2.24, 2.45) is 0 Å². The fraction of sp³-hybridized carbons (Fsp3) is 0.545. The molecule has 0 fully saturated rings. The van der Waals surface area contributed by atoms with E-state index in [-0.39, 0.29) is 5.78 Å². The van der Waals surface area contributed by atoms with Gasteiger partial charge in [-0.3, -0.25) is 10.2 Å². The second kappa shape index (κ2) is 4.74. The zero-order chi connectivity index (χ0) is 12.5. The van der Waals surface area contributed by atoms with Crippen LogP contribution in [0.2, 0.25) is 0 Å². The molecule has 96 valence electrons. The summed E-state index contributed by atoms with van der Waals surface area (Å²) in [6.07, 6.45) is 2.44. The maximum atomic E-state index is 11.8. The first-order valence-electron chi connectivity index (χ1n) is 6.03. The van der Waals surface area contributed by atoms with E-state index in [0.29, 0.717) is 24.8 Å². The van der Waals surface area contributed by atoms with Crippen LogP contribution in [0.1, 0.15) is 32.0 Å². The summed E-state index contributed by atoms with van der Waals surface area (Å²) in [5.74, 6) is 0.943. The van der Waals surface area contributed by atoms with Crippen molar-refractivity contribution in [3.63, 3.8) is 0 Å². The average Bonchev–Trinajstić information content (AvgIpc) is 2.77. The SMILES string of the molecule is CCOCc1nnc2n1NC1=C(S2)C(=O)CCC1. The van der Waals surface area contributed by atoms with Crippen molar-refractivity contribution in [3.8, 4) is 0 Å². The van der Waals surface area contributed by atoms with Gasteiger partial charge in [0.25, 0.3) is 0 Å². The third-order valence-corrected chi connectivity index (χ3v) is 4.06. The van der Waals surface area contributed by atoms with Crippen molar-refractivity contribution in [1.82, 2.24) is 14.9 Å². The number of hydrogen-bond donors (Lipinski definition) is 1. The third-order valence-electron chi connectivity index (χ3n) is 2.93. The van der Waals surface area contributed by atoms with E-state index >= 15 is 0 Å². The van der Waals surface area contributed by atoms with Crippen molar-refractivity contribution in [1.29, 1.82) is 0 Å². The largest absolute Gasteiger partial charge is 0.374 e. The van der Waals surface area contributed by atoms with E-state index in [1.54, 1.807) is 0 Å². The number of carbonyl (C=O) groups excluding carboxylic acids is 1. The number of thioether (sulfide) groups is 1. The summed E-state index contributed by atoms with van der Waals surface area (Å²) >= 11 is 1.40. The van der Waals surface area contributed by atoms with E-state index in [1.807, 2.05) is 11.6 Å². The molecule has 0 unspecified atom stereocenters. The monoisotopic (exact) mass is 266 g/mol. The van der Waals surface area contributed by atoms with Crippen molar-refractivity contribution in [2.75, 3.05) is 12.0 Å². The van der Waals surface area contributed by atoms with E-state index in [9.17, 15) is 4.79 Å². The number of nitrogens with one attached hydrogen (secondary N) is 1. The van der Waals surface area contributed by atoms with Crippen LogP contribution in [0.5, 0.6) is 0 Å². The first-order chi connectivity index (χ1) is 8.79. The molecule has 0 saturated carbocycles. The molecule has 0 radical (unpaired) electrons. The maximum absolute atomic E-state index is 11.8. The number of allylic oxidation sites excluding steroid dienone is 2. The number of Topliss-reactive ketones (excluding diaryl/α,β-unsaturated/α-hetero) is 1. The zero-order valence-corrected chi connectivity index (χ0v) is 10.9. The predicted octanol–water partition coefficient (Wildman–Crippen LogP) is 1.43. The van der Waals surface area contributed by atoms with Gasteiger partial charge in [-0.2, -0.15) is 0 Å². The molecule has 0 bridgehead atoms. The van der Waals surface area contributed by atoms with Gasteiger partial charge in [-0.1, -0.05) is 0 Å². The lowest BCUT2D eigenvalue weighted by molar-refractivity contribution is -0.115. The summed E-state index contributed by atoms with van der Waals surface area (Å²) in [5.41, 5.74) is 4.22. The van der Waals surface area contributed by atoms with Gasteiger partial charge in [0, 0.05) is 18.7 Å². The van der Waals surface area contributed by atoms with Gasteiger partial charge in [-0.15, -0.1) is 10.2 Å². The van der Waals surface area contributed by atoms with Gasteiger partial charge in [0.1, 0.15) is 6.61 Å². The molecule has 0 atom stereocenters. The molecule has 0 spiro atoms. The minimum absolute atomic E-state index is 0.203. The number of ether oxygens (including phenoxy) is 1. The van der Waals surface area contributed by atoms with E-state index in [0.717, 1.165) is 29.3 Å². The Morgan fingerprint density at radius 2 is 2.33 bits per heavy atom. The van der Waals surface area contributed by atoms with Gasteiger partial charge in [-0.05, 0) is 31.5 Å². The summed E-state index contributed by atoms with van der Waals surface area (Å²) < 4.78 is 7.16. The van der Waals surface area contributed by atoms with Crippen molar-refractivity contribution in [2.45, 2.75) is 37.9 Å². The topological polar surface area (TPSA) is 69.0 Å². The maximum Gasteiger partial charge on any atom is 0.215 e. The number of rotatable bonds is 3. The molecule has 6 nitrogen and oxygen atoms in total. The first kappa shape index (κ1) is 11.7. The summed E-state index contributed by atoms with van der Waals surface area (Å²) in [6, 6.07) is 0. The number of hydrogen-bond acceptors (Lipinski definition) is 6. The average molecular weight is 266 g/mol. The highest BCUT2D eigenvalue weighted by Crippen LogP contribution is 2.37. The second-order valence-electron chi connectivity index (χ2n) is 4.17. The van der Waals surface area contributed by atoms with Crippen LogP contribution in [0.15, 0.2) is 15.8 Å². The molecule has 0 amide bonds. The summed E-state index contributed by atoms with van der Waals surface area (Å²) in [7, 11) is 0. The third kappa shape index (κ3) is 1.93. The Bertz CT molecular complexity index is 523. The fourth-order valence-corrected chi connectivity index (χ4v) is 3.03. The molecule has 2 aliphatic rings. The van der Waals surface area contributed by atoms with Gasteiger partial charge in [0.2, 0.25) is 5.16 Å². The smallest absolute Gasteiger partial charge is 0.215 e. The molecule has 2 heterocycles. The van der Waals surface area contributed by atoms with Crippen LogP contribution >= 0.6 is 11.8 Å². The molecular formula is C11H14N4O2S. The molecule has 1 aromatic rings. The van der Waals surface area contributed by atoms with Crippen LogP contribution in [-0.4, -0.2) is 27.3 Å². The highest BCUT2D eigenvalue weighted by molar-refractivity contribution is 8.04. The van der Waals surface area contributed by atoms with Crippen LogP contribution in [-0.2, 0) is 16.1 Å². The van der Waals surface area contributed by atoms with Crippen LogP contribution in [0.4, 0.5) is 0 Å². The zero-order valence-electron chi connectivity index (χ0n) is 10.1. The van der Waals surface area contributed by atoms with Crippen LogP contribution in [0, 0.1) is 0 Å². The van der Waals surface area contributed by atoms with Crippen molar-refractivity contribution in [3.05, 3.63) is 16.4 Å². The fourth-order valence-electron chi connectivity index (χ4n) is 2.04. The molecule has 1 aromatic heterocycles. The van der Waals surface area contributed by atoms with E-state index < -0.39 is 0 Å². The Morgan fingerprint density at radius 3 is 3.17 bits per heavy atom. The highest BCUT2D eigenvalue weighted by atomic mass is 32.2. The van der Waals surface area contributed by atoms with Gasteiger partial charge >= 0.3 is 0 Å². The standard InChI is InChI=1S/C11H14N4O2S/c1-2-17-6-9-12-13-11-15(9)14-7-4-3-5-8(16)10(7)18-11/h14H,2-6H2,1H3. The van der Waals surface area contributed by atoms with E-state index in [1.165, 1.54) is 11.8 Å². The lowest BCUT2D eigenvalue weighted by Gasteiger charge is -2.25. The van der Waals surface area contributed by atoms with Crippen LogP contribution in [0.3, 0.4) is 0 Å². The highest BCUT2D eigenvalue weighted by Gasteiger charge is 2.29. The minimum Gasteiger partial charge on any atom is -0.374 e. The number of carbonyl (C=O) groups is 1. The Morgan fingerprint density at radius 1 is 1.44 bits per heavy atom. The Balaban J connectivity index is 1.87. The van der Waals surface area contributed by atoms with Crippen molar-refractivity contribution < 1.29 is 9.53 Å². The van der Waals surface area contributed by atoms with Gasteiger partial charge < -0.3 is 4.74 Å². The summed E-state index contributed by atoms with van der Waals surface area (Å²) in [5, 5.41) is 8.87. The normalized spacial score (nSPS) is 18.4. The van der Waals surface area contributed by atoms with Gasteiger partial charge in [0.05, 0.1) is 4.91 Å². The molecule has 18 heavy (non-hydrogen) atoms. The van der Waals surface area contributed by atoms with Crippen molar-refractivity contribution >= 4 is 17.5 Å². The Kier molecular flexibility index (Phi) is 3.09. The molecule has 7 heteroatoms. The molecule has 0 aromatic carbocycles. The lowest BCUT2D eigenvalue weighted by atomic mass is 10.0. The first-order valence-corrected chi connectivity index (χ1v) is 6.84. The van der Waals surface area contributed by atoms with Crippen LogP contribution in [0.25, 0.3) is 0 Å². The van der Waals surface area contributed by atoms with E-state index in [4.69, 9.17) is 4.74 Å². The second-order valence-corrected chi connectivity index (χ2v) is 5.15. The van der Waals surface area contributed by atoms with Crippen LogP contribution < -0.4 is 5.43 Å². The van der Waals surface area contributed by atoms with Gasteiger partial charge in [-0.25, -0.2) is 4.68 Å². The predicted molar refractivity (Wildman–Crippen MR) is 66.5 cm³/mol. The number of aromatic nitrogens is 3. The number of ketones is 1. The molecule has 1 aliphatic heterocycles. The minimum atomic E-state index is 0.203. The quantitative estimate of drug-likeness (QED) is 0.892. The number of nitrogens with zero attached hydrogens (tertiary/aromatic N) is 3. The van der Waals surface area contributed by atoms with E-state index in [2.05, 4.69) is 15.6 Å². The summed E-state index contributed by atoms with van der Waals surface area (Å²) in [4.78, 5) is 12.6. The molecule has 1 aliphatic carbocycles. The molecular weight excluding hydrogens is 252 g/mol. The molecule has 1 N–H and O–H groups in total. The lowest BCUT2D eigenvalue weighted by Crippen LogP contribution is -2.27. The Hall–Kier alpha value is -1.34. The number of fused-ring (bicyclic) bond motifs is 1. The molecule has 3 rings (SSSR count).